The van der Waals surface area contributed by atoms with Crippen molar-refractivity contribution < 1.29 is 18.3 Å². The van der Waals surface area contributed by atoms with E-state index in [-0.39, 0.29) is 22.9 Å². The van der Waals surface area contributed by atoms with E-state index in [2.05, 4.69) is 0 Å². The molecule has 0 spiro atoms. The van der Waals surface area contributed by atoms with Crippen molar-refractivity contribution in [3.05, 3.63) is 64.2 Å². The Kier molecular flexibility index (Phi) is 4.20. The van der Waals surface area contributed by atoms with E-state index in [1.807, 2.05) is 0 Å². The van der Waals surface area contributed by atoms with Gasteiger partial charge in [-0.25, -0.2) is 13.6 Å². The average Bonchev–Trinajstić information content (AvgIpc) is 2.39. The Morgan fingerprint density at radius 3 is 2.65 bits per heavy atom. The normalized spacial score (nSPS) is 10.3. The summed E-state index contributed by atoms with van der Waals surface area (Å²) in [7, 11) is 0. The van der Waals surface area contributed by atoms with Gasteiger partial charge in [-0.05, 0) is 36.4 Å². The van der Waals surface area contributed by atoms with E-state index < -0.39 is 17.6 Å². The monoisotopic (exact) mass is 297 g/mol. The number of carbonyl (C=O) groups excluding carboxylic acids is 1. The smallest absolute Gasteiger partial charge is 0.341 e. The Labute approximate surface area is 118 Å². The maximum absolute atomic E-state index is 13.5. The van der Waals surface area contributed by atoms with Crippen molar-refractivity contribution in [1.29, 1.82) is 0 Å². The molecule has 0 amide bonds. The van der Waals surface area contributed by atoms with Gasteiger partial charge in [0, 0.05) is 16.3 Å². The Hall–Kier alpha value is -2.14. The summed E-state index contributed by atoms with van der Waals surface area (Å²) >= 11 is 5.83. The molecule has 0 aromatic heterocycles. The first-order chi connectivity index (χ1) is 9.47. The maximum Gasteiger partial charge on any atom is 0.341 e. The molecular weight excluding hydrogens is 288 g/mol. The Morgan fingerprint density at radius 1 is 1.20 bits per heavy atom. The Balaban J connectivity index is 2.10. The predicted octanol–water partition coefficient (Wildman–Crippen LogP) is 3.56. The Bertz CT molecular complexity index is 662. The summed E-state index contributed by atoms with van der Waals surface area (Å²) in [6.45, 7) is -0.251. The summed E-state index contributed by atoms with van der Waals surface area (Å²) in [5, 5.41) is 0.261. The van der Waals surface area contributed by atoms with Crippen molar-refractivity contribution in [2.75, 3.05) is 5.73 Å². The number of hydrogen-bond acceptors (Lipinski definition) is 3. The largest absolute Gasteiger partial charge is 0.457 e. The molecule has 0 atom stereocenters. The quantitative estimate of drug-likeness (QED) is 0.696. The third kappa shape index (κ3) is 3.24. The van der Waals surface area contributed by atoms with Crippen LogP contribution in [0.25, 0.3) is 0 Å². The molecule has 104 valence electrons. The highest BCUT2D eigenvalue weighted by atomic mass is 35.5. The molecule has 0 saturated heterocycles. The third-order valence-electron chi connectivity index (χ3n) is 2.58. The van der Waals surface area contributed by atoms with Crippen molar-refractivity contribution in [3.63, 3.8) is 0 Å². The molecule has 6 heteroatoms. The summed E-state index contributed by atoms with van der Waals surface area (Å²) in [5.41, 5.74) is 5.64. The summed E-state index contributed by atoms with van der Waals surface area (Å²) in [5.74, 6) is -2.15. The zero-order valence-corrected chi connectivity index (χ0v) is 11.0. The lowest BCUT2D eigenvalue weighted by Crippen LogP contribution is -2.08. The van der Waals surface area contributed by atoms with Crippen LogP contribution in [0.4, 0.5) is 14.5 Å². The van der Waals surface area contributed by atoms with Crippen molar-refractivity contribution in [2.45, 2.75) is 6.61 Å². The van der Waals surface area contributed by atoms with Crippen LogP contribution in [0.5, 0.6) is 0 Å². The second-order valence-corrected chi connectivity index (χ2v) is 4.46. The number of esters is 1. The minimum Gasteiger partial charge on any atom is -0.457 e. The van der Waals surface area contributed by atoms with Crippen LogP contribution in [-0.4, -0.2) is 5.97 Å². The van der Waals surface area contributed by atoms with E-state index in [9.17, 15) is 13.6 Å². The number of nitrogens with two attached hydrogens (primary N) is 1. The molecule has 0 aliphatic carbocycles. The maximum atomic E-state index is 13.5. The van der Waals surface area contributed by atoms with Crippen molar-refractivity contribution in [2.24, 2.45) is 0 Å². The molecule has 0 aliphatic rings. The van der Waals surface area contributed by atoms with Gasteiger partial charge in [0.25, 0.3) is 0 Å². The molecule has 2 aromatic carbocycles. The molecule has 0 bridgehead atoms. The molecule has 0 radical (unpaired) electrons. The van der Waals surface area contributed by atoms with E-state index >= 15 is 0 Å². The highest BCUT2D eigenvalue weighted by Gasteiger charge is 2.14. The first-order valence-corrected chi connectivity index (χ1v) is 6.01. The van der Waals surface area contributed by atoms with Gasteiger partial charge in [0.05, 0.1) is 5.56 Å². The van der Waals surface area contributed by atoms with Crippen LogP contribution in [0.2, 0.25) is 5.02 Å². The second-order valence-electron chi connectivity index (χ2n) is 4.05. The summed E-state index contributed by atoms with van der Waals surface area (Å²) in [4.78, 5) is 11.7. The molecule has 0 saturated carbocycles. The standard InChI is InChI=1S/C14H10ClF2NO2/c15-12-4-1-9(16)5-8(12)7-20-14(19)11-3-2-10(18)6-13(11)17/h1-6H,7,18H2. The van der Waals surface area contributed by atoms with Gasteiger partial charge >= 0.3 is 5.97 Å². The topological polar surface area (TPSA) is 52.3 Å². The highest BCUT2D eigenvalue weighted by Crippen LogP contribution is 2.19. The lowest BCUT2D eigenvalue weighted by Gasteiger charge is -2.07. The van der Waals surface area contributed by atoms with Crippen molar-refractivity contribution >= 4 is 23.3 Å². The molecule has 20 heavy (non-hydrogen) atoms. The molecule has 0 heterocycles. The molecule has 0 fully saturated rings. The molecule has 3 nitrogen and oxygen atoms in total. The van der Waals surface area contributed by atoms with Crippen molar-refractivity contribution in [1.82, 2.24) is 0 Å². The van der Waals surface area contributed by atoms with Gasteiger partial charge in [-0.2, -0.15) is 0 Å². The van der Waals surface area contributed by atoms with Gasteiger partial charge < -0.3 is 10.5 Å². The van der Waals surface area contributed by atoms with Crippen molar-refractivity contribution in [3.8, 4) is 0 Å². The number of nitrogen functional groups attached to an aromatic ring is 1. The first-order valence-electron chi connectivity index (χ1n) is 5.63. The third-order valence-corrected chi connectivity index (χ3v) is 2.95. The summed E-state index contributed by atoms with van der Waals surface area (Å²) < 4.78 is 31.4. The number of hydrogen-bond donors (Lipinski definition) is 1. The average molecular weight is 298 g/mol. The van der Waals surface area contributed by atoms with E-state index in [0.29, 0.717) is 5.56 Å². The molecule has 2 aromatic rings. The van der Waals surface area contributed by atoms with Crippen LogP contribution in [0, 0.1) is 11.6 Å². The van der Waals surface area contributed by atoms with E-state index in [1.165, 1.54) is 24.3 Å². The zero-order valence-electron chi connectivity index (χ0n) is 10.2. The first kappa shape index (κ1) is 14.3. The second kappa shape index (κ2) is 5.88. The summed E-state index contributed by atoms with van der Waals surface area (Å²) in [6.07, 6.45) is 0. The van der Waals surface area contributed by atoms with Crippen LogP contribution in [-0.2, 0) is 11.3 Å². The van der Waals surface area contributed by atoms with Gasteiger partial charge in [0.15, 0.2) is 0 Å². The predicted molar refractivity (Wildman–Crippen MR) is 71.3 cm³/mol. The van der Waals surface area contributed by atoms with E-state index in [1.54, 1.807) is 0 Å². The van der Waals surface area contributed by atoms with Gasteiger partial charge in [0.2, 0.25) is 0 Å². The molecule has 0 aliphatic heterocycles. The number of rotatable bonds is 3. The van der Waals surface area contributed by atoms with E-state index in [0.717, 1.165) is 12.1 Å². The van der Waals surface area contributed by atoms with Crippen LogP contribution in [0.1, 0.15) is 15.9 Å². The lowest BCUT2D eigenvalue weighted by atomic mass is 10.2. The van der Waals surface area contributed by atoms with Gasteiger partial charge in [-0.1, -0.05) is 11.6 Å². The molecule has 0 unspecified atom stereocenters. The number of carbonyl (C=O) groups is 1. The van der Waals surface area contributed by atoms with Crippen LogP contribution < -0.4 is 5.73 Å². The molecular formula is C14H10ClF2NO2. The van der Waals surface area contributed by atoms with Crippen LogP contribution in [0.3, 0.4) is 0 Å². The summed E-state index contributed by atoms with van der Waals surface area (Å²) in [6, 6.07) is 7.31. The minimum absolute atomic E-state index is 0.201. The number of anilines is 1. The Morgan fingerprint density at radius 2 is 1.95 bits per heavy atom. The number of benzene rings is 2. The zero-order chi connectivity index (χ0) is 14.7. The van der Waals surface area contributed by atoms with Gasteiger partial charge in [-0.15, -0.1) is 0 Å². The van der Waals surface area contributed by atoms with E-state index in [4.69, 9.17) is 22.1 Å². The lowest BCUT2D eigenvalue weighted by molar-refractivity contribution is 0.0467. The number of halogens is 3. The fraction of sp³-hybridized carbons (Fsp3) is 0.0714. The highest BCUT2D eigenvalue weighted by molar-refractivity contribution is 6.31. The fourth-order valence-corrected chi connectivity index (χ4v) is 1.74. The van der Waals surface area contributed by atoms with Gasteiger partial charge in [0.1, 0.15) is 18.2 Å². The SMILES string of the molecule is Nc1ccc(C(=O)OCc2cc(F)ccc2Cl)c(F)c1. The fourth-order valence-electron chi connectivity index (χ4n) is 1.57. The molecule has 2 rings (SSSR count). The van der Waals surface area contributed by atoms with Crippen LogP contribution >= 0.6 is 11.6 Å². The minimum atomic E-state index is -0.872. The van der Waals surface area contributed by atoms with Gasteiger partial charge in [-0.3, -0.25) is 0 Å². The molecule has 2 N–H and O–H groups in total. The number of ether oxygens (including phenoxy) is 1. The van der Waals surface area contributed by atoms with Crippen LogP contribution in [0.15, 0.2) is 36.4 Å².